The summed E-state index contributed by atoms with van der Waals surface area (Å²) in [6.07, 6.45) is 6.09. The molecule has 0 spiro atoms. The zero-order valence-corrected chi connectivity index (χ0v) is 17.4. The van der Waals surface area contributed by atoms with Crippen molar-refractivity contribution in [2.24, 2.45) is 12.0 Å². The minimum absolute atomic E-state index is 0.527. The molecule has 1 heterocycles. The Kier molecular flexibility index (Phi) is 7.28. The van der Waals surface area contributed by atoms with Crippen LogP contribution in [0.4, 0.5) is 5.69 Å². The molecule has 1 saturated carbocycles. The first-order valence-corrected chi connectivity index (χ1v) is 10.3. The van der Waals surface area contributed by atoms with Gasteiger partial charge in [0, 0.05) is 38.9 Å². The second-order valence-corrected chi connectivity index (χ2v) is 7.55. The highest BCUT2D eigenvalue weighted by atomic mass is 15.3. The molecule has 7 nitrogen and oxygen atoms in total. The first kappa shape index (κ1) is 20.2. The molecule has 1 fully saturated rings. The molecule has 2 N–H and O–H groups in total. The number of hydrogen-bond acceptors (Lipinski definition) is 4. The second kappa shape index (κ2) is 10.1. The fraction of sp³-hybridized carbons (Fsp3) is 0.571. The summed E-state index contributed by atoms with van der Waals surface area (Å²) in [6.45, 7) is 4.37. The number of benzene rings is 1. The molecule has 1 aromatic heterocycles. The number of hydrogen-bond donors (Lipinski definition) is 2. The van der Waals surface area contributed by atoms with E-state index in [4.69, 9.17) is 4.99 Å². The monoisotopic (exact) mass is 383 g/mol. The summed E-state index contributed by atoms with van der Waals surface area (Å²) < 4.78 is 1.99. The van der Waals surface area contributed by atoms with Crippen LogP contribution in [0.3, 0.4) is 0 Å². The molecule has 152 valence electrons. The van der Waals surface area contributed by atoms with Crippen molar-refractivity contribution in [2.75, 3.05) is 25.0 Å². The fourth-order valence-electron chi connectivity index (χ4n) is 3.49. The third-order valence-corrected chi connectivity index (χ3v) is 5.42. The summed E-state index contributed by atoms with van der Waals surface area (Å²) in [7, 11) is 4.12. The first-order valence-electron chi connectivity index (χ1n) is 10.3. The van der Waals surface area contributed by atoms with Crippen LogP contribution in [0.1, 0.15) is 43.8 Å². The van der Waals surface area contributed by atoms with Crippen molar-refractivity contribution in [1.82, 2.24) is 25.4 Å². The van der Waals surface area contributed by atoms with E-state index < -0.39 is 0 Å². The molecule has 0 aliphatic heterocycles. The standard InChI is InChI=1S/C21H33N7/c1-17-25-26-20(28(17)3)16-23-21(24-18-10-7-8-11-18)22-14-9-15-27(2)19-12-5-4-6-13-19/h4-6,12-13,18H,7-11,14-16H2,1-3H3,(H2,22,23,24). The Hall–Kier alpha value is -2.57. The molecule has 0 amide bonds. The lowest BCUT2D eigenvalue weighted by Gasteiger charge is -2.21. The molecule has 0 radical (unpaired) electrons. The average Bonchev–Trinajstić information content (AvgIpc) is 3.34. The number of nitrogens with one attached hydrogen (secondary N) is 2. The van der Waals surface area contributed by atoms with Crippen LogP contribution in [0.5, 0.6) is 0 Å². The van der Waals surface area contributed by atoms with E-state index in [0.29, 0.717) is 12.6 Å². The molecule has 0 bridgehead atoms. The summed E-state index contributed by atoms with van der Waals surface area (Å²) in [5, 5.41) is 15.4. The molecule has 28 heavy (non-hydrogen) atoms. The molecular weight excluding hydrogens is 350 g/mol. The van der Waals surface area contributed by atoms with Gasteiger partial charge in [-0.3, -0.25) is 0 Å². The van der Waals surface area contributed by atoms with Crippen LogP contribution in [-0.2, 0) is 13.6 Å². The van der Waals surface area contributed by atoms with Gasteiger partial charge in [0.15, 0.2) is 11.8 Å². The van der Waals surface area contributed by atoms with E-state index in [0.717, 1.165) is 37.1 Å². The lowest BCUT2D eigenvalue weighted by Crippen LogP contribution is -2.43. The minimum Gasteiger partial charge on any atom is -0.375 e. The van der Waals surface area contributed by atoms with Gasteiger partial charge in [0.2, 0.25) is 0 Å². The molecule has 1 aromatic carbocycles. The van der Waals surface area contributed by atoms with E-state index >= 15 is 0 Å². The summed E-state index contributed by atoms with van der Waals surface area (Å²) in [4.78, 5) is 7.05. The molecule has 0 unspecified atom stereocenters. The summed E-state index contributed by atoms with van der Waals surface area (Å²) >= 11 is 0. The van der Waals surface area contributed by atoms with Gasteiger partial charge in [0.25, 0.3) is 0 Å². The van der Waals surface area contributed by atoms with Crippen molar-refractivity contribution in [3.8, 4) is 0 Å². The van der Waals surface area contributed by atoms with E-state index in [1.807, 2.05) is 18.5 Å². The third kappa shape index (κ3) is 5.71. The molecular formula is C21H33N7. The Morgan fingerprint density at radius 1 is 1.21 bits per heavy atom. The zero-order valence-electron chi connectivity index (χ0n) is 17.4. The van der Waals surface area contributed by atoms with Gasteiger partial charge in [-0.25, -0.2) is 4.99 Å². The van der Waals surface area contributed by atoms with Gasteiger partial charge in [-0.2, -0.15) is 0 Å². The van der Waals surface area contributed by atoms with Gasteiger partial charge in [0.1, 0.15) is 12.4 Å². The van der Waals surface area contributed by atoms with Crippen molar-refractivity contribution >= 4 is 11.6 Å². The molecule has 0 atom stereocenters. The number of aromatic nitrogens is 3. The van der Waals surface area contributed by atoms with E-state index in [2.05, 4.69) is 63.1 Å². The van der Waals surface area contributed by atoms with Gasteiger partial charge >= 0.3 is 0 Å². The van der Waals surface area contributed by atoms with E-state index in [9.17, 15) is 0 Å². The highest BCUT2D eigenvalue weighted by molar-refractivity contribution is 5.80. The third-order valence-electron chi connectivity index (χ3n) is 5.42. The first-order chi connectivity index (χ1) is 13.6. The summed E-state index contributed by atoms with van der Waals surface area (Å²) in [5.41, 5.74) is 1.25. The predicted octanol–water partition coefficient (Wildman–Crippen LogP) is 2.63. The maximum atomic E-state index is 4.76. The Balaban J connectivity index is 1.51. The van der Waals surface area contributed by atoms with Crippen LogP contribution >= 0.6 is 0 Å². The number of aryl methyl sites for hydroxylation is 1. The lowest BCUT2D eigenvalue weighted by molar-refractivity contribution is 0.606. The number of rotatable bonds is 8. The molecule has 7 heteroatoms. The smallest absolute Gasteiger partial charge is 0.191 e. The highest BCUT2D eigenvalue weighted by Crippen LogP contribution is 2.17. The summed E-state index contributed by atoms with van der Waals surface area (Å²) in [6, 6.07) is 11.0. The minimum atomic E-state index is 0.527. The van der Waals surface area contributed by atoms with Crippen LogP contribution in [0, 0.1) is 6.92 Å². The normalized spacial score (nSPS) is 15.0. The Morgan fingerprint density at radius 3 is 2.64 bits per heavy atom. The van der Waals surface area contributed by atoms with E-state index in [1.165, 1.54) is 31.4 Å². The quantitative estimate of drug-likeness (QED) is 0.417. The predicted molar refractivity (Wildman–Crippen MR) is 115 cm³/mol. The maximum Gasteiger partial charge on any atom is 0.191 e. The number of nitrogens with zero attached hydrogens (tertiary/aromatic N) is 5. The zero-order chi connectivity index (χ0) is 19.8. The van der Waals surface area contributed by atoms with Crippen LogP contribution < -0.4 is 15.5 Å². The highest BCUT2D eigenvalue weighted by Gasteiger charge is 2.16. The van der Waals surface area contributed by atoms with Crippen LogP contribution in [0.25, 0.3) is 0 Å². The molecule has 3 rings (SSSR count). The number of para-hydroxylation sites is 1. The van der Waals surface area contributed by atoms with Gasteiger partial charge < -0.3 is 20.1 Å². The fourth-order valence-corrected chi connectivity index (χ4v) is 3.49. The van der Waals surface area contributed by atoms with Gasteiger partial charge in [-0.15, -0.1) is 10.2 Å². The topological polar surface area (TPSA) is 70.4 Å². The van der Waals surface area contributed by atoms with E-state index in [-0.39, 0.29) is 0 Å². The van der Waals surface area contributed by atoms with Gasteiger partial charge in [-0.1, -0.05) is 31.0 Å². The van der Waals surface area contributed by atoms with Gasteiger partial charge in [0.05, 0.1) is 0 Å². The largest absolute Gasteiger partial charge is 0.375 e. The summed E-state index contributed by atoms with van der Waals surface area (Å²) in [5.74, 6) is 2.68. The van der Waals surface area contributed by atoms with Crippen LogP contribution in [0.2, 0.25) is 0 Å². The Morgan fingerprint density at radius 2 is 1.96 bits per heavy atom. The van der Waals surface area contributed by atoms with Crippen molar-refractivity contribution in [2.45, 2.75) is 51.6 Å². The number of aliphatic imine (C=N–C) groups is 1. The van der Waals surface area contributed by atoms with Crippen molar-refractivity contribution in [3.63, 3.8) is 0 Å². The van der Waals surface area contributed by atoms with Crippen LogP contribution in [-0.4, -0.2) is 46.9 Å². The molecule has 1 aliphatic rings. The molecule has 2 aromatic rings. The number of guanidine groups is 1. The van der Waals surface area contributed by atoms with Crippen LogP contribution in [0.15, 0.2) is 35.3 Å². The average molecular weight is 384 g/mol. The van der Waals surface area contributed by atoms with Gasteiger partial charge in [-0.05, 0) is 38.3 Å². The van der Waals surface area contributed by atoms with E-state index in [1.54, 1.807) is 0 Å². The lowest BCUT2D eigenvalue weighted by atomic mass is 10.2. The SMILES string of the molecule is Cc1nnc(CN=C(NCCCN(C)c2ccccc2)NC2CCCC2)n1C. The second-order valence-electron chi connectivity index (χ2n) is 7.55. The Bertz CT molecular complexity index is 747. The van der Waals surface area contributed by atoms with Crippen molar-refractivity contribution in [1.29, 1.82) is 0 Å². The molecule has 0 saturated heterocycles. The van der Waals surface area contributed by atoms with Crippen molar-refractivity contribution in [3.05, 3.63) is 42.0 Å². The maximum absolute atomic E-state index is 4.76. The molecule has 1 aliphatic carbocycles. The Labute approximate surface area is 168 Å². The number of anilines is 1. The van der Waals surface area contributed by atoms with Crippen molar-refractivity contribution < 1.29 is 0 Å².